The number of aromatic nitrogens is 3. The minimum Gasteiger partial charge on any atom is -0.352 e. The van der Waals surface area contributed by atoms with Gasteiger partial charge < -0.3 is 14.8 Å². The van der Waals surface area contributed by atoms with Crippen molar-refractivity contribution in [2.24, 2.45) is 0 Å². The Morgan fingerprint density at radius 3 is 2.48 bits per heavy atom. The van der Waals surface area contributed by atoms with Crippen LogP contribution in [-0.4, -0.2) is 51.8 Å². The molecule has 1 N–H and O–H groups in total. The number of amides is 1. The Bertz CT molecular complexity index is 1420. The van der Waals surface area contributed by atoms with Gasteiger partial charge in [-0.15, -0.1) is 5.10 Å². The van der Waals surface area contributed by atoms with E-state index in [1.165, 1.54) is 10.2 Å². The van der Waals surface area contributed by atoms with E-state index in [2.05, 4.69) is 15.0 Å². The third kappa shape index (κ3) is 4.12. The van der Waals surface area contributed by atoms with Crippen LogP contribution in [0.1, 0.15) is 21.6 Å². The standard InChI is InChI=1S/C25H24ClN5O2/c1-16-3-5-20(13-17(16)2)31-24(32)8-7-23(28-31)29-9-11-30(12-10-29)25(33)22-15-18-14-19(26)4-6-21(18)27-22/h3-8,13-15,27H,9-12H2,1-2H3. The molecule has 1 fully saturated rings. The fourth-order valence-electron chi connectivity index (χ4n) is 4.14. The third-order valence-corrected chi connectivity index (χ3v) is 6.46. The summed E-state index contributed by atoms with van der Waals surface area (Å²) in [5.41, 5.74) is 4.30. The molecule has 1 amide bonds. The number of aromatic amines is 1. The second-order valence-electron chi connectivity index (χ2n) is 8.40. The van der Waals surface area contributed by atoms with E-state index in [1.807, 2.05) is 55.1 Å². The molecule has 4 aromatic rings. The predicted molar refractivity (Wildman–Crippen MR) is 131 cm³/mol. The van der Waals surface area contributed by atoms with Crippen molar-refractivity contribution in [3.8, 4) is 5.69 Å². The number of H-pyrrole nitrogens is 1. The number of benzene rings is 2. The van der Waals surface area contributed by atoms with E-state index in [0.29, 0.717) is 36.9 Å². The summed E-state index contributed by atoms with van der Waals surface area (Å²) in [5, 5.41) is 6.17. The van der Waals surface area contributed by atoms with Crippen LogP contribution >= 0.6 is 11.6 Å². The highest BCUT2D eigenvalue weighted by molar-refractivity contribution is 6.31. The molecular formula is C25H24ClN5O2. The van der Waals surface area contributed by atoms with Crippen molar-refractivity contribution in [1.82, 2.24) is 19.7 Å². The average molecular weight is 462 g/mol. The first-order valence-corrected chi connectivity index (χ1v) is 11.3. The van der Waals surface area contributed by atoms with Crippen LogP contribution < -0.4 is 10.5 Å². The van der Waals surface area contributed by atoms with E-state index < -0.39 is 0 Å². The zero-order chi connectivity index (χ0) is 23.1. The number of piperazine rings is 1. The van der Waals surface area contributed by atoms with E-state index in [9.17, 15) is 9.59 Å². The number of carbonyl (C=O) groups excluding carboxylic acids is 1. The number of nitrogens with zero attached hydrogens (tertiary/aromatic N) is 4. The van der Waals surface area contributed by atoms with Gasteiger partial charge in [-0.2, -0.15) is 4.68 Å². The average Bonchev–Trinajstić information content (AvgIpc) is 3.24. The zero-order valence-corrected chi connectivity index (χ0v) is 19.3. The van der Waals surface area contributed by atoms with Gasteiger partial charge in [0.15, 0.2) is 0 Å². The van der Waals surface area contributed by atoms with Crippen molar-refractivity contribution in [3.05, 3.63) is 86.8 Å². The summed E-state index contributed by atoms with van der Waals surface area (Å²) >= 11 is 6.06. The van der Waals surface area contributed by atoms with Crippen LogP contribution in [0, 0.1) is 13.8 Å². The van der Waals surface area contributed by atoms with E-state index in [-0.39, 0.29) is 11.5 Å². The molecule has 0 atom stereocenters. The summed E-state index contributed by atoms with van der Waals surface area (Å²) in [7, 11) is 0. The lowest BCUT2D eigenvalue weighted by molar-refractivity contribution is 0.0741. The van der Waals surface area contributed by atoms with Gasteiger partial charge in [-0.3, -0.25) is 9.59 Å². The van der Waals surface area contributed by atoms with E-state index in [0.717, 1.165) is 28.0 Å². The van der Waals surface area contributed by atoms with Gasteiger partial charge in [0, 0.05) is 48.2 Å². The second-order valence-corrected chi connectivity index (χ2v) is 8.84. The monoisotopic (exact) mass is 461 g/mol. The lowest BCUT2D eigenvalue weighted by Crippen LogP contribution is -2.49. The summed E-state index contributed by atoms with van der Waals surface area (Å²) < 4.78 is 1.44. The van der Waals surface area contributed by atoms with Crippen molar-refractivity contribution in [2.45, 2.75) is 13.8 Å². The number of anilines is 1. The normalized spacial score (nSPS) is 14.2. The third-order valence-electron chi connectivity index (χ3n) is 6.23. The minimum absolute atomic E-state index is 0.0324. The van der Waals surface area contributed by atoms with Crippen LogP contribution in [-0.2, 0) is 0 Å². The van der Waals surface area contributed by atoms with Crippen LogP contribution in [0.4, 0.5) is 5.82 Å². The molecule has 1 saturated heterocycles. The fourth-order valence-corrected chi connectivity index (χ4v) is 4.32. The quantitative estimate of drug-likeness (QED) is 0.501. The maximum absolute atomic E-state index is 13.0. The highest BCUT2D eigenvalue weighted by atomic mass is 35.5. The van der Waals surface area contributed by atoms with Gasteiger partial charge in [0.2, 0.25) is 0 Å². The first-order chi connectivity index (χ1) is 15.9. The largest absolute Gasteiger partial charge is 0.352 e. The Balaban J connectivity index is 1.32. The maximum Gasteiger partial charge on any atom is 0.271 e. The molecule has 0 aliphatic carbocycles. The molecule has 168 valence electrons. The smallest absolute Gasteiger partial charge is 0.271 e. The van der Waals surface area contributed by atoms with Crippen molar-refractivity contribution in [3.63, 3.8) is 0 Å². The Labute approximate surface area is 196 Å². The molecule has 1 aliphatic heterocycles. The van der Waals surface area contributed by atoms with Gasteiger partial charge >= 0.3 is 0 Å². The van der Waals surface area contributed by atoms with Crippen molar-refractivity contribution in [1.29, 1.82) is 0 Å². The number of fused-ring (bicyclic) bond motifs is 1. The van der Waals surface area contributed by atoms with Gasteiger partial charge in [0.25, 0.3) is 11.5 Å². The van der Waals surface area contributed by atoms with Crippen molar-refractivity contribution in [2.75, 3.05) is 31.1 Å². The zero-order valence-electron chi connectivity index (χ0n) is 18.5. The minimum atomic E-state index is -0.172. The highest BCUT2D eigenvalue weighted by Gasteiger charge is 2.24. The van der Waals surface area contributed by atoms with Gasteiger partial charge in [0.1, 0.15) is 11.5 Å². The molecule has 0 radical (unpaired) electrons. The molecule has 0 spiro atoms. The fraction of sp³-hybridized carbons (Fsp3) is 0.240. The van der Waals surface area contributed by atoms with Gasteiger partial charge in [-0.05, 0) is 67.4 Å². The SMILES string of the molecule is Cc1ccc(-n2nc(N3CCN(C(=O)c4cc5cc(Cl)ccc5[nH]4)CC3)ccc2=O)cc1C. The number of hydrogen-bond donors (Lipinski definition) is 1. The molecule has 33 heavy (non-hydrogen) atoms. The summed E-state index contributed by atoms with van der Waals surface area (Å²) in [6.45, 7) is 6.47. The molecular weight excluding hydrogens is 438 g/mol. The lowest BCUT2D eigenvalue weighted by Gasteiger charge is -2.35. The molecule has 0 saturated carbocycles. The second kappa shape index (κ2) is 8.41. The number of carbonyl (C=O) groups is 1. The van der Waals surface area contributed by atoms with Crippen LogP contribution in [0.15, 0.2) is 59.4 Å². The number of nitrogens with one attached hydrogen (secondary N) is 1. The maximum atomic E-state index is 13.0. The van der Waals surface area contributed by atoms with E-state index in [4.69, 9.17) is 11.6 Å². The molecule has 2 aromatic heterocycles. The van der Waals surface area contributed by atoms with Crippen LogP contribution in [0.2, 0.25) is 5.02 Å². The highest BCUT2D eigenvalue weighted by Crippen LogP contribution is 2.22. The number of aryl methyl sites for hydroxylation is 2. The first kappa shape index (κ1) is 21.3. The van der Waals surface area contributed by atoms with E-state index in [1.54, 1.807) is 18.2 Å². The number of hydrogen-bond acceptors (Lipinski definition) is 4. The van der Waals surface area contributed by atoms with Crippen molar-refractivity contribution < 1.29 is 4.79 Å². The molecule has 7 nitrogen and oxygen atoms in total. The summed E-state index contributed by atoms with van der Waals surface area (Å²) in [5.74, 6) is 0.690. The Morgan fingerprint density at radius 2 is 1.73 bits per heavy atom. The molecule has 0 bridgehead atoms. The number of halogens is 1. The molecule has 0 unspecified atom stereocenters. The summed E-state index contributed by atoms with van der Waals surface area (Å²) in [6, 6.07) is 16.5. The summed E-state index contributed by atoms with van der Waals surface area (Å²) in [6.07, 6.45) is 0. The molecule has 8 heteroatoms. The summed E-state index contributed by atoms with van der Waals surface area (Å²) in [4.78, 5) is 32.6. The topological polar surface area (TPSA) is 74.2 Å². The molecule has 1 aliphatic rings. The lowest BCUT2D eigenvalue weighted by atomic mass is 10.1. The van der Waals surface area contributed by atoms with Gasteiger partial charge in [-0.25, -0.2) is 0 Å². The van der Waals surface area contributed by atoms with Crippen molar-refractivity contribution >= 4 is 34.2 Å². The van der Waals surface area contributed by atoms with Gasteiger partial charge in [-0.1, -0.05) is 17.7 Å². The Kier molecular flexibility index (Phi) is 5.42. The molecule has 3 heterocycles. The Hall–Kier alpha value is -3.58. The molecule has 5 rings (SSSR count). The number of rotatable bonds is 3. The van der Waals surface area contributed by atoms with Crippen LogP contribution in [0.25, 0.3) is 16.6 Å². The van der Waals surface area contributed by atoms with E-state index >= 15 is 0 Å². The van der Waals surface area contributed by atoms with Crippen LogP contribution in [0.3, 0.4) is 0 Å². The predicted octanol–water partition coefficient (Wildman–Crippen LogP) is 3.95. The Morgan fingerprint density at radius 1 is 0.939 bits per heavy atom. The first-order valence-electron chi connectivity index (χ1n) is 10.9. The molecule has 2 aromatic carbocycles. The van der Waals surface area contributed by atoms with Crippen LogP contribution in [0.5, 0.6) is 0 Å². The van der Waals surface area contributed by atoms with Gasteiger partial charge in [0.05, 0.1) is 5.69 Å².